The molecule has 0 rings (SSSR count). The Morgan fingerprint density at radius 3 is 1.55 bits per heavy atom. The van der Waals surface area contributed by atoms with E-state index in [9.17, 15) is 0 Å². The quantitative estimate of drug-likeness (QED) is 0.633. The molecule has 0 unspecified atom stereocenters. The van der Waals surface area contributed by atoms with Crippen molar-refractivity contribution in [3.63, 3.8) is 0 Å². The van der Waals surface area contributed by atoms with E-state index < -0.39 is 0 Å². The normalized spacial score (nSPS) is 10.4. The van der Waals surface area contributed by atoms with E-state index in [1.54, 1.807) is 0 Å². The van der Waals surface area contributed by atoms with Crippen molar-refractivity contribution in [3.8, 4) is 0 Å². The second-order valence-electron chi connectivity index (χ2n) is 3.29. The van der Waals surface area contributed by atoms with E-state index in [4.69, 9.17) is 0 Å². The third kappa shape index (κ3) is 7.46. The Balaban J connectivity index is 0. The molecular weight excluding hydrogens is 209 g/mol. The molecule has 0 heterocycles. The molecule has 0 saturated heterocycles. The standard InChI is InChI=1S/C10H20.Y/c1-5-7-10(8-6-2)9(3)4;/h9-10H,1-2,5-8H2,3-4H3;/q-2;. The molecular formula is C10H20Y-2. The van der Waals surface area contributed by atoms with Gasteiger partial charge in [-0.2, -0.15) is 12.8 Å². The third-order valence-corrected chi connectivity index (χ3v) is 2.09. The molecule has 0 aromatic heterocycles. The van der Waals surface area contributed by atoms with Gasteiger partial charge in [0.2, 0.25) is 0 Å². The summed E-state index contributed by atoms with van der Waals surface area (Å²) in [7, 11) is 0. The molecule has 0 saturated carbocycles. The van der Waals surface area contributed by atoms with Crippen LogP contribution in [0, 0.1) is 25.7 Å². The van der Waals surface area contributed by atoms with Crippen molar-refractivity contribution in [1.82, 2.24) is 0 Å². The molecule has 0 nitrogen and oxygen atoms in total. The Morgan fingerprint density at radius 1 is 1.00 bits per heavy atom. The number of hydrogen-bond acceptors (Lipinski definition) is 0. The molecule has 0 aliphatic carbocycles. The van der Waals surface area contributed by atoms with Gasteiger partial charge in [-0.05, 0) is 11.8 Å². The Kier molecular flexibility index (Phi) is 12.2. The Bertz CT molecular complexity index is 63.3. The molecule has 0 aromatic carbocycles. The summed E-state index contributed by atoms with van der Waals surface area (Å²) in [5.74, 6) is 1.67. The Hall–Kier alpha value is 1.10. The van der Waals surface area contributed by atoms with Gasteiger partial charge in [0.05, 0.1) is 0 Å². The molecule has 65 valence electrons. The van der Waals surface area contributed by atoms with E-state index >= 15 is 0 Å². The van der Waals surface area contributed by atoms with Crippen LogP contribution in [0.4, 0.5) is 0 Å². The summed E-state index contributed by atoms with van der Waals surface area (Å²) in [5, 5.41) is 0. The molecule has 1 heteroatoms. The van der Waals surface area contributed by atoms with Gasteiger partial charge in [0.1, 0.15) is 0 Å². The topological polar surface area (TPSA) is 0 Å². The van der Waals surface area contributed by atoms with Crippen molar-refractivity contribution in [1.29, 1.82) is 0 Å². The van der Waals surface area contributed by atoms with Crippen LogP contribution in [0.5, 0.6) is 0 Å². The van der Waals surface area contributed by atoms with Crippen LogP contribution in [0.15, 0.2) is 0 Å². The molecule has 0 fully saturated rings. The Labute approximate surface area is 97.4 Å². The first-order valence-electron chi connectivity index (χ1n) is 4.30. The summed E-state index contributed by atoms with van der Waals surface area (Å²) in [6, 6.07) is 0. The van der Waals surface area contributed by atoms with Crippen LogP contribution in [-0.2, 0) is 32.7 Å². The van der Waals surface area contributed by atoms with Gasteiger partial charge in [0.15, 0.2) is 0 Å². The SMILES string of the molecule is [CH2-]CCC(CC[CH2-])C(C)C.[Y]. The number of hydrogen-bond donors (Lipinski definition) is 0. The molecule has 0 aromatic rings. The van der Waals surface area contributed by atoms with Crippen LogP contribution in [0.3, 0.4) is 0 Å². The van der Waals surface area contributed by atoms with Crippen molar-refractivity contribution >= 4 is 0 Å². The molecule has 0 aliphatic heterocycles. The summed E-state index contributed by atoms with van der Waals surface area (Å²) in [6.45, 7) is 12.3. The Morgan fingerprint density at radius 2 is 1.36 bits per heavy atom. The van der Waals surface area contributed by atoms with Gasteiger partial charge in [0.25, 0.3) is 0 Å². The van der Waals surface area contributed by atoms with Gasteiger partial charge in [-0.15, -0.1) is 0 Å². The summed E-state index contributed by atoms with van der Waals surface area (Å²) in [4.78, 5) is 0. The predicted molar refractivity (Wildman–Crippen MR) is 47.5 cm³/mol. The van der Waals surface area contributed by atoms with Crippen molar-refractivity contribution in [2.45, 2.75) is 39.5 Å². The maximum Gasteiger partial charge on any atom is 0 e. The summed E-state index contributed by atoms with van der Waals surface area (Å²) in [5.41, 5.74) is 0. The first kappa shape index (κ1) is 14.6. The summed E-state index contributed by atoms with van der Waals surface area (Å²) >= 11 is 0. The summed E-state index contributed by atoms with van der Waals surface area (Å²) in [6.07, 6.45) is 4.69. The zero-order chi connectivity index (χ0) is 7.98. The van der Waals surface area contributed by atoms with Crippen LogP contribution < -0.4 is 0 Å². The zero-order valence-corrected chi connectivity index (χ0v) is 10.8. The summed E-state index contributed by atoms with van der Waals surface area (Å²) < 4.78 is 0. The minimum absolute atomic E-state index is 0. The largest absolute Gasteiger partial charge is 0.343 e. The molecule has 1 radical (unpaired) electrons. The number of rotatable bonds is 5. The minimum Gasteiger partial charge on any atom is -0.343 e. The smallest absolute Gasteiger partial charge is 0 e. The molecule has 0 spiro atoms. The third-order valence-electron chi connectivity index (χ3n) is 2.09. The molecule has 0 bridgehead atoms. The molecule has 0 atom stereocenters. The van der Waals surface area contributed by atoms with Gasteiger partial charge in [0, 0.05) is 32.7 Å². The van der Waals surface area contributed by atoms with Gasteiger partial charge in [-0.25, -0.2) is 0 Å². The second-order valence-corrected chi connectivity index (χ2v) is 3.29. The maximum absolute atomic E-state index is 3.87. The van der Waals surface area contributed by atoms with E-state index in [1.807, 2.05) is 0 Å². The van der Waals surface area contributed by atoms with Crippen molar-refractivity contribution in [3.05, 3.63) is 13.8 Å². The van der Waals surface area contributed by atoms with Crippen LogP contribution in [0.25, 0.3) is 0 Å². The fourth-order valence-electron chi connectivity index (χ4n) is 1.34. The molecule has 0 amide bonds. The maximum atomic E-state index is 3.87. The first-order chi connectivity index (χ1) is 4.72. The minimum atomic E-state index is 0. The molecule has 0 N–H and O–H groups in total. The van der Waals surface area contributed by atoms with Crippen molar-refractivity contribution in [2.24, 2.45) is 11.8 Å². The van der Waals surface area contributed by atoms with Crippen LogP contribution in [0.2, 0.25) is 0 Å². The second kappa shape index (κ2) is 9.19. The monoisotopic (exact) mass is 229 g/mol. The van der Waals surface area contributed by atoms with E-state index in [2.05, 4.69) is 27.7 Å². The van der Waals surface area contributed by atoms with Crippen molar-refractivity contribution < 1.29 is 32.7 Å². The predicted octanol–water partition coefficient (Wildman–Crippen LogP) is 3.48. The van der Waals surface area contributed by atoms with Crippen molar-refractivity contribution in [2.75, 3.05) is 0 Å². The molecule has 0 aliphatic rings. The zero-order valence-electron chi connectivity index (χ0n) is 7.97. The first-order valence-corrected chi connectivity index (χ1v) is 4.30. The van der Waals surface area contributed by atoms with Gasteiger partial charge in [-0.3, -0.25) is 0 Å². The van der Waals surface area contributed by atoms with E-state index in [-0.39, 0.29) is 32.7 Å². The van der Waals surface area contributed by atoms with Crippen LogP contribution in [0.1, 0.15) is 39.5 Å². The van der Waals surface area contributed by atoms with Crippen LogP contribution in [-0.4, -0.2) is 0 Å². The van der Waals surface area contributed by atoms with E-state index in [0.717, 1.165) is 24.7 Å². The van der Waals surface area contributed by atoms with Crippen LogP contribution >= 0.6 is 0 Å². The average molecular weight is 229 g/mol. The van der Waals surface area contributed by atoms with E-state index in [1.165, 1.54) is 12.8 Å². The molecule has 11 heavy (non-hydrogen) atoms. The van der Waals surface area contributed by atoms with Gasteiger partial charge in [-0.1, -0.05) is 26.7 Å². The average Bonchev–Trinajstić information content (AvgIpc) is 1.87. The fraction of sp³-hybridized carbons (Fsp3) is 0.800. The van der Waals surface area contributed by atoms with Gasteiger partial charge >= 0.3 is 0 Å². The van der Waals surface area contributed by atoms with E-state index in [0.29, 0.717) is 0 Å². The van der Waals surface area contributed by atoms with Gasteiger partial charge < -0.3 is 13.8 Å². The fourth-order valence-corrected chi connectivity index (χ4v) is 1.34.